The van der Waals surface area contributed by atoms with Crippen molar-refractivity contribution in [3.63, 3.8) is 0 Å². The van der Waals surface area contributed by atoms with Gasteiger partial charge in [0, 0.05) is 16.7 Å². The summed E-state index contributed by atoms with van der Waals surface area (Å²) in [4.78, 5) is 1.37. The summed E-state index contributed by atoms with van der Waals surface area (Å²) in [5.74, 6) is 0.591. The van der Waals surface area contributed by atoms with Gasteiger partial charge < -0.3 is 5.32 Å². The average Bonchev–Trinajstić information content (AvgIpc) is 2.18. The maximum atomic E-state index is 3.21. The molecule has 0 aromatic heterocycles. The number of hydrogen-bond acceptors (Lipinski definition) is 2. The molecule has 0 fully saturated rings. The van der Waals surface area contributed by atoms with Gasteiger partial charge in [0.2, 0.25) is 0 Å². The van der Waals surface area contributed by atoms with Gasteiger partial charge in [-0.05, 0) is 30.7 Å². The minimum Gasteiger partial charge on any atom is -0.319 e. The fourth-order valence-electron chi connectivity index (χ4n) is 1.57. The second-order valence-electron chi connectivity index (χ2n) is 4.19. The average molecular weight is 223 g/mol. The molecule has 1 aromatic carbocycles. The van der Waals surface area contributed by atoms with Crippen LogP contribution in [0.4, 0.5) is 0 Å². The first-order chi connectivity index (χ1) is 7.13. The van der Waals surface area contributed by atoms with Gasteiger partial charge in [0.15, 0.2) is 0 Å². The topological polar surface area (TPSA) is 12.0 Å². The minimum atomic E-state index is 0.591. The molecule has 1 rings (SSSR count). The summed E-state index contributed by atoms with van der Waals surface area (Å²) in [6, 6.07) is 8.94. The largest absolute Gasteiger partial charge is 0.319 e. The van der Waals surface area contributed by atoms with Crippen LogP contribution in [0.1, 0.15) is 32.3 Å². The molecule has 15 heavy (non-hydrogen) atoms. The molecule has 1 aromatic rings. The molecule has 2 heteroatoms. The Morgan fingerprint density at radius 3 is 2.20 bits per heavy atom. The van der Waals surface area contributed by atoms with Crippen molar-refractivity contribution < 1.29 is 0 Å². The highest BCUT2D eigenvalue weighted by atomic mass is 32.2. The van der Waals surface area contributed by atoms with Crippen molar-refractivity contribution in [2.24, 2.45) is 0 Å². The summed E-state index contributed by atoms with van der Waals surface area (Å²) >= 11 is 1.92. The second kappa shape index (κ2) is 6.19. The number of rotatable bonds is 5. The molecule has 0 bridgehead atoms. The molecular formula is C13H21NS. The SMILES string of the molecule is CNCC(C)c1ccc(SC(C)C)cc1. The summed E-state index contributed by atoms with van der Waals surface area (Å²) in [5.41, 5.74) is 1.41. The van der Waals surface area contributed by atoms with Crippen molar-refractivity contribution in [2.75, 3.05) is 13.6 Å². The van der Waals surface area contributed by atoms with E-state index in [1.807, 2.05) is 18.8 Å². The Hall–Kier alpha value is -0.470. The van der Waals surface area contributed by atoms with Gasteiger partial charge in [-0.3, -0.25) is 0 Å². The van der Waals surface area contributed by atoms with E-state index in [9.17, 15) is 0 Å². The van der Waals surface area contributed by atoms with Crippen LogP contribution in [0.3, 0.4) is 0 Å². The third-order valence-corrected chi connectivity index (χ3v) is 3.35. The zero-order valence-electron chi connectivity index (χ0n) is 10.1. The van der Waals surface area contributed by atoms with Crippen LogP contribution in [0.25, 0.3) is 0 Å². The first kappa shape index (κ1) is 12.6. The van der Waals surface area contributed by atoms with E-state index in [0.717, 1.165) is 6.54 Å². The van der Waals surface area contributed by atoms with E-state index in [1.165, 1.54) is 10.5 Å². The Kier molecular flexibility index (Phi) is 5.20. The van der Waals surface area contributed by atoms with Gasteiger partial charge >= 0.3 is 0 Å². The summed E-state index contributed by atoms with van der Waals surface area (Å²) in [7, 11) is 2.00. The van der Waals surface area contributed by atoms with E-state index in [-0.39, 0.29) is 0 Å². The Bertz CT molecular complexity index is 279. The summed E-state index contributed by atoms with van der Waals surface area (Å²) < 4.78 is 0. The first-order valence-electron chi connectivity index (χ1n) is 5.54. The Labute approximate surface area is 97.7 Å². The van der Waals surface area contributed by atoms with Crippen molar-refractivity contribution in [1.29, 1.82) is 0 Å². The highest BCUT2D eigenvalue weighted by molar-refractivity contribution is 7.99. The van der Waals surface area contributed by atoms with Crippen LogP contribution in [-0.2, 0) is 0 Å². The van der Waals surface area contributed by atoms with Gasteiger partial charge in [0.05, 0.1) is 0 Å². The Morgan fingerprint density at radius 1 is 1.13 bits per heavy atom. The normalized spacial score (nSPS) is 13.1. The van der Waals surface area contributed by atoms with Gasteiger partial charge in [-0.25, -0.2) is 0 Å². The van der Waals surface area contributed by atoms with Crippen LogP contribution < -0.4 is 5.32 Å². The van der Waals surface area contributed by atoms with Crippen LogP contribution in [0.5, 0.6) is 0 Å². The quantitative estimate of drug-likeness (QED) is 0.767. The maximum Gasteiger partial charge on any atom is 0.00747 e. The lowest BCUT2D eigenvalue weighted by Crippen LogP contribution is -2.14. The lowest BCUT2D eigenvalue weighted by Gasteiger charge is -2.12. The monoisotopic (exact) mass is 223 g/mol. The maximum absolute atomic E-state index is 3.21. The molecule has 1 unspecified atom stereocenters. The molecule has 0 aliphatic carbocycles. The van der Waals surface area contributed by atoms with E-state index in [4.69, 9.17) is 0 Å². The predicted molar refractivity (Wildman–Crippen MR) is 69.8 cm³/mol. The third-order valence-electron chi connectivity index (χ3n) is 2.33. The van der Waals surface area contributed by atoms with Gasteiger partial charge in [0.25, 0.3) is 0 Å². The summed E-state index contributed by atoms with van der Waals surface area (Å²) in [5, 5.41) is 3.87. The lowest BCUT2D eigenvalue weighted by molar-refractivity contribution is 0.677. The smallest absolute Gasteiger partial charge is 0.00747 e. The summed E-state index contributed by atoms with van der Waals surface area (Å²) in [6.07, 6.45) is 0. The van der Waals surface area contributed by atoms with Crippen molar-refractivity contribution in [2.45, 2.75) is 36.8 Å². The number of nitrogens with one attached hydrogen (secondary N) is 1. The molecule has 0 saturated carbocycles. The fraction of sp³-hybridized carbons (Fsp3) is 0.538. The Balaban J connectivity index is 2.63. The highest BCUT2D eigenvalue weighted by Crippen LogP contribution is 2.24. The predicted octanol–water partition coefficient (Wildman–Crippen LogP) is 3.51. The fourth-order valence-corrected chi connectivity index (χ4v) is 2.41. The van der Waals surface area contributed by atoms with Gasteiger partial charge in [0.1, 0.15) is 0 Å². The van der Waals surface area contributed by atoms with E-state index in [1.54, 1.807) is 0 Å². The molecule has 0 heterocycles. The molecular weight excluding hydrogens is 202 g/mol. The van der Waals surface area contributed by atoms with Crippen LogP contribution in [0, 0.1) is 0 Å². The zero-order chi connectivity index (χ0) is 11.3. The number of hydrogen-bond donors (Lipinski definition) is 1. The highest BCUT2D eigenvalue weighted by Gasteiger charge is 2.04. The molecule has 1 N–H and O–H groups in total. The van der Waals surface area contributed by atoms with Gasteiger partial charge in [-0.2, -0.15) is 0 Å². The van der Waals surface area contributed by atoms with E-state index >= 15 is 0 Å². The molecule has 0 aliphatic heterocycles. The second-order valence-corrected chi connectivity index (χ2v) is 5.84. The zero-order valence-corrected chi connectivity index (χ0v) is 10.9. The molecule has 0 aliphatic rings. The van der Waals surface area contributed by atoms with Crippen molar-refractivity contribution >= 4 is 11.8 Å². The van der Waals surface area contributed by atoms with Crippen LogP contribution in [-0.4, -0.2) is 18.8 Å². The standard InChI is InChI=1S/C13H21NS/c1-10(2)15-13-7-5-12(6-8-13)11(3)9-14-4/h5-8,10-11,14H,9H2,1-4H3. The van der Waals surface area contributed by atoms with Gasteiger partial charge in [-0.15, -0.1) is 11.8 Å². The molecule has 0 spiro atoms. The summed E-state index contributed by atoms with van der Waals surface area (Å²) in [6.45, 7) is 7.74. The number of likely N-dealkylation sites (N-methyl/N-ethyl adjacent to an activating group) is 1. The van der Waals surface area contributed by atoms with Crippen LogP contribution >= 0.6 is 11.8 Å². The molecule has 0 saturated heterocycles. The van der Waals surface area contributed by atoms with E-state index in [0.29, 0.717) is 11.2 Å². The van der Waals surface area contributed by atoms with Crippen LogP contribution in [0.2, 0.25) is 0 Å². The van der Waals surface area contributed by atoms with Crippen LogP contribution in [0.15, 0.2) is 29.2 Å². The third kappa shape index (κ3) is 4.27. The van der Waals surface area contributed by atoms with E-state index in [2.05, 4.69) is 50.4 Å². The van der Waals surface area contributed by atoms with Crippen molar-refractivity contribution in [3.05, 3.63) is 29.8 Å². The number of benzene rings is 1. The molecule has 1 nitrogen and oxygen atoms in total. The van der Waals surface area contributed by atoms with Crippen molar-refractivity contribution in [1.82, 2.24) is 5.32 Å². The number of thioether (sulfide) groups is 1. The minimum absolute atomic E-state index is 0.591. The van der Waals surface area contributed by atoms with E-state index < -0.39 is 0 Å². The van der Waals surface area contributed by atoms with Crippen molar-refractivity contribution in [3.8, 4) is 0 Å². The molecule has 0 amide bonds. The Morgan fingerprint density at radius 2 is 1.73 bits per heavy atom. The molecule has 1 atom stereocenters. The molecule has 84 valence electrons. The van der Waals surface area contributed by atoms with Gasteiger partial charge in [-0.1, -0.05) is 32.9 Å². The first-order valence-corrected chi connectivity index (χ1v) is 6.42. The lowest BCUT2D eigenvalue weighted by atomic mass is 10.0. The molecule has 0 radical (unpaired) electrons.